The number of aryl methyl sites for hydroxylation is 1. The van der Waals surface area contributed by atoms with Crippen molar-refractivity contribution in [2.24, 2.45) is 0 Å². The van der Waals surface area contributed by atoms with Gasteiger partial charge in [0.1, 0.15) is 0 Å². The predicted molar refractivity (Wildman–Crippen MR) is 239 cm³/mol. The molecule has 1 heterocycles. The normalized spacial score (nSPS) is 12.3. The van der Waals surface area contributed by atoms with Crippen LogP contribution in [0.4, 0.5) is 0 Å². The van der Waals surface area contributed by atoms with Gasteiger partial charge in [0.2, 0.25) is 0 Å². The van der Waals surface area contributed by atoms with Gasteiger partial charge in [-0.3, -0.25) is 0 Å². The second kappa shape index (κ2) is 13.1. The van der Waals surface area contributed by atoms with E-state index in [0.29, 0.717) is 0 Å². The van der Waals surface area contributed by atoms with Crippen molar-refractivity contribution in [3.63, 3.8) is 0 Å². The SMILES string of the molecule is CCn1c2ccc(-c3ccccc3)cc2c2cc(-c3ccc(-c4c5ccc(C(C)(C)C)cc5c(-c5ccccc5)c5ccc(C(C)(C)C)cc45)cc3)ccc21. The molecule has 1 heteroatoms. The van der Waals surface area contributed by atoms with Crippen LogP contribution < -0.4 is 0 Å². The third-order valence-electron chi connectivity index (χ3n) is 11.7. The maximum Gasteiger partial charge on any atom is 0.0491 e. The Kier molecular flexibility index (Phi) is 8.32. The summed E-state index contributed by atoms with van der Waals surface area (Å²) in [6.45, 7) is 17.0. The molecule has 0 saturated carbocycles. The van der Waals surface area contributed by atoms with Gasteiger partial charge in [-0.15, -0.1) is 0 Å². The third-order valence-corrected chi connectivity index (χ3v) is 11.7. The molecule has 0 saturated heterocycles. The van der Waals surface area contributed by atoms with Crippen LogP contribution in [0.25, 0.3) is 87.9 Å². The second-order valence-corrected chi connectivity index (χ2v) is 17.3. The minimum absolute atomic E-state index is 0.0225. The molecule has 55 heavy (non-hydrogen) atoms. The lowest BCUT2D eigenvalue weighted by Crippen LogP contribution is -2.11. The molecule has 1 nitrogen and oxygen atoms in total. The summed E-state index contributed by atoms with van der Waals surface area (Å²) in [5, 5.41) is 7.80. The fourth-order valence-corrected chi connectivity index (χ4v) is 8.65. The Morgan fingerprint density at radius 3 is 1.16 bits per heavy atom. The van der Waals surface area contributed by atoms with E-state index in [1.165, 1.54) is 99.0 Å². The lowest BCUT2D eigenvalue weighted by Gasteiger charge is -2.25. The summed E-state index contributed by atoms with van der Waals surface area (Å²) in [7, 11) is 0. The van der Waals surface area contributed by atoms with Gasteiger partial charge in [0, 0.05) is 28.4 Å². The first kappa shape index (κ1) is 34.8. The first-order valence-electron chi connectivity index (χ1n) is 19.8. The van der Waals surface area contributed by atoms with Crippen LogP contribution in [-0.2, 0) is 17.4 Å². The zero-order valence-corrected chi connectivity index (χ0v) is 33.2. The Bertz CT molecular complexity index is 2880. The van der Waals surface area contributed by atoms with E-state index in [-0.39, 0.29) is 10.8 Å². The fraction of sp³-hybridized carbons (Fsp3) is 0.185. The van der Waals surface area contributed by atoms with Gasteiger partial charge in [-0.2, -0.15) is 0 Å². The van der Waals surface area contributed by atoms with Gasteiger partial charge in [-0.05, 0) is 131 Å². The zero-order chi connectivity index (χ0) is 38.1. The summed E-state index contributed by atoms with van der Waals surface area (Å²) in [6.07, 6.45) is 0. The van der Waals surface area contributed by atoms with E-state index in [1.54, 1.807) is 0 Å². The maximum absolute atomic E-state index is 2.46. The summed E-state index contributed by atoms with van der Waals surface area (Å²) in [4.78, 5) is 0. The highest BCUT2D eigenvalue weighted by Gasteiger charge is 2.23. The number of hydrogen-bond donors (Lipinski definition) is 0. The Balaban J connectivity index is 1.24. The first-order chi connectivity index (χ1) is 26.5. The molecule has 0 spiro atoms. The maximum atomic E-state index is 2.46. The average Bonchev–Trinajstić information content (AvgIpc) is 3.51. The molecule has 9 rings (SSSR count). The van der Waals surface area contributed by atoms with E-state index < -0.39 is 0 Å². The van der Waals surface area contributed by atoms with Crippen LogP contribution in [0.2, 0.25) is 0 Å². The Labute approximate surface area is 325 Å². The molecule has 0 atom stereocenters. The van der Waals surface area contributed by atoms with E-state index in [2.05, 4.69) is 211 Å². The van der Waals surface area contributed by atoms with Crippen molar-refractivity contribution in [2.45, 2.75) is 65.8 Å². The highest BCUT2D eigenvalue weighted by molar-refractivity contribution is 6.21. The van der Waals surface area contributed by atoms with Crippen molar-refractivity contribution in [1.82, 2.24) is 4.57 Å². The van der Waals surface area contributed by atoms with Gasteiger partial charge in [0.05, 0.1) is 0 Å². The predicted octanol–water partition coefficient (Wildman–Crippen LogP) is 15.4. The molecule has 0 amide bonds. The van der Waals surface area contributed by atoms with E-state index >= 15 is 0 Å². The first-order valence-corrected chi connectivity index (χ1v) is 19.8. The van der Waals surface area contributed by atoms with Crippen molar-refractivity contribution in [2.75, 3.05) is 0 Å². The minimum Gasteiger partial charge on any atom is -0.341 e. The topological polar surface area (TPSA) is 4.93 Å². The molecule has 0 aliphatic rings. The molecule has 0 aliphatic carbocycles. The van der Waals surface area contributed by atoms with Gasteiger partial charge in [-0.25, -0.2) is 0 Å². The Hall–Kier alpha value is -5.92. The van der Waals surface area contributed by atoms with Gasteiger partial charge >= 0.3 is 0 Å². The summed E-state index contributed by atoms with van der Waals surface area (Å²) in [5.74, 6) is 0. The molecule has 8 aromatic carbocycles. The fourth-order valence-electron chi connectivity index (χ4n) is 8.65. The van der Waals surface area contributed by atoms with Crippen LogP contribution in [0.3, 0.4) is 0 Å². The highest BCUT2D eigenvalue weighted by atomic mass is 15.0. The number of rotatable bonds is 5. The summed E-state index contributed by atoms with van der Waals surface area (Å²) in [5.41, 5.74) is 15.4. The zero-order valence-electron chi connectivity index (χ0n) is 33.2. The molecule has 0 fully saturated rings. The standard InChI is InChI=1S/C54H49N/c1-8-55-49-29-23-39(35-15-11-9-12-16-35)31-45(49)46-32-40(24-30-50(46)55)36-19-21-38(22-20-36)52-44-28-26-41(53(2,3)4)33-47(44)51(37-17-13-10-14-18-37)43-27-25-42(34-48(43)52)54(5,6)7/h9-34H,8H2,1-7H3. The van der Waals surface area contributed by atoms with Gasteiger partial charge in [-0.1, -0.05) is 163 Å². The second-order valence-electron chi connectivity index (χ2n) is 17.3. The third kappa shape index (κ3) is 6.03. The summed E-state index contributed by atoms with van der Waals surface area (Å²) < 4.78 is 2.44. The molecule has 0 N–H and O–H groups in total. The van der Waals surface area contributed by atoms with Crippen LogP contribution in [0.1, 0.15) is 59.6 Å². The Morgan fingerprint density at radius 2 is 0.727 bits per heavy atom. The molecular weight excluding hydrogens is 663 g/mol. The van der Waals surface area contributed by atoms with Crippen molar-refractivity contribution >= 4 is 43.4 Å². The van der Waals surface area contributed by atoms with Gasteiger partial charge < -0.3 is 4.57 Å². The molecule has 9 aromatic rings. The van der Waals surface area contributed by atoms with Crippen molar-refractivity contribution in [3.05, 3.63) is 169 Å². The lowest BCUT2D eigenvalue weighted by molar-refractivity contribution is 0.590. The van der Waals surface area contributed by atoms with Crippen LogP contribution >= 0.6 is 0 Å². The average molecular weight is 712 g/mol. The van der Waals surface area contributed by atoms with Crippen molar-refractivity contribution in [1.29, 1.82) is 0 Å². The monoisotopic (exact) mass is 711 g/mol. The molecular formula is C54H49N. The summed E-state index contributed by atoms with van der Waals surface area (Å²) >= 11 is 0. The lowest BCUT2D eigenvalue weighted by atomic mass is 9.79. The molecule has 270 valence electrons. The Morgan fingerprint density at radius 1 is 0.345 bits per heavy atom. The van der Waals surface area contributed by atoms with Gasteiger partial charge in [0.15, 0.2) is 0 Å². The van der Waals surface area contributed by atoms with E-state index in [0.717, 1.165) is 6.54 Å². The number of hydrogen-bond acceptors (Lipinski definition) is 0. The minimum atomic E-state index is 0.0225. The van der Waals surface area contributed by atoms with Gasteiger partial charge in [0.25, 0.3) is 0 Å². The molecule has 1 aromatic heterocycles. The largest absolute Gasteiger partial charge is 0.341 e. The molecule has 0 aliphatic heterocycles. The summed E-state index contributed by atoms with van der Waals surface area (Å²) in [6, 6.07) is 59.3. The molecule has 0 bridgehead atoms. The number of nitrogens with zero attached hydrogens (tertiary/aromatic N) is 1. The van der Waals surface area contributed by atoms with Crippen LogP contribution in [-0.4, -0.2) is 4.57 Å². The number of aromatic nitrogens is 1. The number of benzene rings is 8. The van der Waals surface area contributed by atoms with E-state index in [4.69, 9.17) is 0 Å². The van der Waals surface area contributed by atoms with E-state index in [1.807, 2.05) is 0 Å². The molecule has 0 radical (unpaired) electrons. The van der Waals surface area contributed by atoms with Crippen molar-refractivity contribution in [3.8, 4) is 44.5 Å². The molecule has 0 unspecified atom stereocenters. The number of fused-ring (bicyclic) bond motifs is 5. The smallest absolute Gasteiger partial charge is 0.0491 e. The van der Waals surface area contributed by atoms with Crippen LogP contribution in [0.5, 0.6) is 0 Å². The van der Waals surface area contributed by atoms with Crippen molar-refractivity contribution < 1.29 is 0 Å². The quantitative estimate of drug-likeness (QED) is 0.157. The van der Waals surface area contributed by atoms with Crippen LogP contribution in [0, 0.1) is 0 Å². The van der Waals surface area contributed by atoms with Crippen LogP contribution in [0.15, 0.2) is 158 Å². The highest BCUT2D eigenvalue weighted by Crippen LogP contribution is 2.46. The van der Waals surface area contributed by atoms with E-state index in [9.17, 15) is 0 Å².